The maximum atomic E-state index is 5.81. The monoisotopic (exact) mass is 338 g/mol. The fourth-order valence-electron chi connectivity index (χ4n) is 1.27. The molecule has 0 saturated carbocycles. The van der Waals surface area contributed by atoms with E-state index in [2.05, 4.69) is 15.2 Å². The Kier molecular flexibility index (Phi) is 7.02. The van der Waals surface area contributed by atoms with E-state index in [1.807, 2.05) is 18.7 Å². The molecular formula is C9H19IN6. The highest BCUT2D eigenvalue weighted by Gasteiger charge is 2.02. The van der Waals surface area contributed by atoms with Gasteiger partial charge in [0.05, 0.1) is 12.7 Å². The highest BCUT2D eigenvalue weighted by molar-refractivity contribution is 14.0. The number of nitrogens with two attached hydrogens (primary N) is 1. The second-order valence-corrected chi connectivity index (χ2v) is 3.17. The fraction of sp³-hybridized carbons (Fsp3) is 0.667. The van der Waals surface area contributed by atoms with Crippen molar-refractivity contribution in [1.82, 2.24) is 19.9 Å². The number of aryl methyl sites for hydroxylation is 1. The molecule has 0 aliphatic heterocycles. The van der Waals surface area contributed by atoms with Gasteiger partial charge in [0, 0.05) is 20.1 Å². The Balaban J connectivity index is 0.00000225. The van der Waals surface area contributed by atoms with E-state index >= 15 is 0 Å². The van der Waals surface area contributed by atoms with Crippen LogP contribution in [0, 0.1) is 0 Å². The maximum Gasteiger partial charge on any atom is 0.191 e. The molecule has 0 spiro atoms. The average molecular weight is 338 g/mol. The average Bonchev–Trinajstić information content (AvgIpc) is 2.63. The highest BCUT2D eigenvalue weighted by Crippen LogP contribution is 1.95. The summed E-state index contributed by atoms with van der Waals surface area (Å²) >= 11 is 0. The number of hydrogen-bond acceptors (Lipinski definition) is 3. The first kappa shape index (κ1) is 15.1. The van der Waals surface area contributed by atoms with Crippen molar-refractivity contribution in [1.29, 1.82) is 0 Å². The normalized spacial score (nSPS) is 11.1. The third-order valence-corrected chi connectivity index (χ3v) is 2.14. The van der Waals surface area contributed by atoms with Crippen LogP contribution < -0.4 is 5.73 Å². The highest BCUT2D eigenvalue weighted by atomic mass is 127. The van der Waals surface area contributed by atoms with Gasteiger partial charge in [-0.15, -0.1) is 24.0 Å². The first-order valence-electron chi connectivity index (χ1n) is 5.07. The van der Waals surface area contributed by atoms with Gasteiger partial charge in [-0.1, -0.05) is 0 Å². The van der Waals surface area contributed by atoms with Crippen LogP contribution in [0.15, 0.2) is 11.2 Å². The molecule has 2 N–H and O–H groups in total. The van der Waals surface area contributed by atoms with E-state index in [0.717, 1.165) is 18.8 Å². The summed E-state index contributed by atoms with van der Waals surface area (Å²) in [6.07, 6.45) is 1.69. The number of rotatable bonds is 4. The number of aromatic nitrogens is 3. The Morgan fingerprint density at radius 2 is 2.12 bits per heavy atom. The van der Waals surface area contributed by atoms with Gasteiger partial charge in [0.15, 0.2) is 5.96 Å². The van der Waals surface area contributed by atoms with E-state index in [0.29, 0.717) is 12.5 Å². The zero-order valence-corrected chi connectivity index (χ0v) is 12.3. The SMILES string of the molecule is CCN(CC)C(N)=NCc1cnn(C)n1.I. The van der Waals surface area contributed by atoms with Gasteiger partial charge in [0.25, 0.3) is 0 Å². The third-order valence-electron chi connectivity index (χ3n) is 2.14. The molecule has 0 aromatic carbocycles. The van der Waals surface area contributed by atoms with Gasteiger partial charge in [-0.25, -0.2) is 4.99 Å². The predicted molar refractivity (Wildman–Crippen MR) is 74.7 cm³/mol. The molecule has 16 heavy (non-hydrogen) atoms. The first-order valence-corrected chi connectivity index (χ1v) is 5.07. The van der Waals surface area contributed by atoms with Gasteiger partial charge in [-0.05, 0) is 13.8 Å². The van der Waals surface area contributed by atoms with Crippen molar-refractivity contribution in [3.8, 4) is 0 Å². The molecule has 0 saturated heterocycles. The van der Waals surface area contributed by atoms with Crippen molar-refractivity contribution in [3.05, 3.63) is 11.9 Å². The van der Waals surface area contributed by atoms with Crippen LogP contribution in [0.4, 0.5) is 0 Å². The number of hydrogen-bond donors (Lipinski definition) is 1. The molecule has 0 aliphatic carbocycles. The molecule has 0 radical (unpaired) electrons. The smallest absolute Gasteiger partial charge is 0.191 e. The summed E-state index contributed by atoms with van der Waals surface area (Å²) in [5, 5.41) is 8.08. The van der Waals surface area contributed by atoms with Crippen LogP contribution in [0.25, 0.3) is 0 Å². The maximum absolute atomic E-state index is 5.81. The number of halogens is 1. The molecule has 7 heteroatoms. The Labute approximate surface area is 113 Å². The molecule has 1 aromatic heterocycles. The lowest BCUT2D eigenvalue weighted by Crippen LogP contribution is -2.37. The number of nitrogens with zero attached hydrogens (tertiary/aromatic N) is 5. The van der Waals surface area contributed by atoms with Gasteiger partial charge < -0.3 is 10.6 Å². The molecule has 1 rings (SSSR count). The summed E-state index contributed by atoms with van der Waals surface area (Å²) in [5.74, 6) is 0.561. The topological polar surface area (TPSA) is 72.3 Å². The molecule has 6 nitrogen and oxygen atoms in total. The lowest BCUT2D eigenvalue weighted by atomic mass is 10.5. The standard InChI is InChI=1S/C9H18N6.HI/c1-4-15(5-2)9(10)11-6-8-7-12-14(3)13-8;/h7H,4-6H2,1-3H3,(H2,10,11);1H. The summed E-state index contributed by atoms with van der Waals surface area (Å²) in [6.45, 7) is 6.32. The second kappa shape index (κ2) is 7.42. The van der Waals surface area contributed by atoms with Crippen molar-refractivity contribution >= 4 is 29.9 Å². The molecule has 1 aromatic rings. The Morgan fingerprint density at radius 3 is 2.56 bits per heavy atom. The van der Waals surface area contributed by atoms with Crippen LogP contribution in [0.3, 0.4) is 0 Å². The van der Waals surface area contributed by atoms with Gasteiger partial charge in [0.1, 0.15) is 5.69 Å². The summed E-state index contributed by atoms with van der Waals surface area (Å²) < 4.78 is 0. The van der Waals surface area contributed by atoms with E-state index < -0.39 is 0 Å². The van der Waals surface area contributed by atoms with Crippen LogP contribution in [0.5, 0.6) is 0 Å². The van der Waals surface area contributed by atoms with Crippen LogP contribution >= 0.6 is 24.0 Å². The molecule has 0 amide bonds. The minimum Gasteiger partial charge on any atom is -0.370 e. The van der Waals surface area contributed by atoms with E-state index in [1.165, 1.54) is 4.80 Å². The Morgan fingerprint density at radius 1 is 1.50 bits per heavy atom. The first-order chi connectivity index (χ1) is 7.17. The van der Waals surface area contributed by atoms with Crippen molar-refractivity contribution in [2.24, 2.45) is 17.8 Å². The van der Waals surface area contributed by atoms with E-state index in [9.17, 15) is 0 Å². The summed E-state index contributed by atoms with van der Waals surface area (Å²) in [4.78, 5) is 7.76. The van der Waals surface area contributed by atoms with Gasteiger partial charge in [-0.3, -0.25) is 0 Å². The quantitative estimate of drug-likeness (QED) is 0.496. The van der Waals surface area contributed by atoms with Gasteiger partial charge in [0.2, 0.25) is 0 Å². The largest absolute Gasteiger partial charge is 0.370 e. The predicted octanol–water partition coefficient (Wildman–Crippen LogP) is 0.590. The molecule has 0 unspecified atom stereocenters. The third kappa shape index (κ3) is 4.33. The fourth-order valence-corrected chi connectivity index (χ4v) is 1.27. The Hall–Kier alpha value is -0.860. The zero-order chi connectivity index (χ0) is 11.3. The van der Waals surface area contributed by atoms with Gasteiger partial charge >= 0.3 is 0 Å². The zero-order valence-electron chi connectivity index (χ0n) is 9.92. The van der Waals surface area contributed by atoms with Gasteiger partial charge in [-0.2, -0.15) is 15.0 Å². The van der Waals surface area contributed by atoms with Crippen molar-refractivity contribution < 1.29 is 0 Å². The Bertz CT molecular complexity index is 330. The van der Waals surface area contributed by atoms with E-state index in [4.69, 9.17) is 5.73 Å². The lowest BCUT2D eigenvalue weighted by Gasteiger charge is -2.18. The van der Waals surface area contributed by atoms with Crippen molar-refractivity contribution in [2.75, 3.05) is 13.1 Å². The van der Waals surface area contributed by atoms with Crippen LogP contribution in [-0.2, 0) is 13.6 Å². The number of aliphatic imine (C=N–C) groups is 1. The summed E-state index contributed by atoms with van der Waals surface area (Å²) in [6, 6.07) is 0. The molecular weight excluding hydrogens is 319 g/mol. The minimum atomic E-state index is 0. The number of guanidine groups is 1. The van der Waals surface area contributed by atoms with Crippen LogP contribution in [0.2, 0.25) is 0 Å². The molecule has 0 atom stereocenters. The molecule has 1 heterocycles. The minimum absolute atomic E-state index is 0. The van der Waals surface area contributed by atoms with E-state index in [1.54, 1.807) is 13.2 Å². The second-order valence-electron chi connectivity index (χ2n) is 3.17. The molecule has 0 bridgehead atoms. The van der Waals surface area contributed by atoms with E-state index in [-0.39, 0.29) is 24.0 Å². The van der Waals surface area contributed by atoms with Crippen LogP contribution in [0.1, 0.15) is 19.5 Å². The van der Waals surface area contributed by atoms with Crippen molar-refractivity contribution in [2.45, 2.75) is 20.4 Å². The molecule has 0 aliphatic rings. The molecule has 92 valence electrons. The molecule has 0 fully saturated rings. The lowest BCUT2D eigenvalue weighted by molar-refractivity contribution is 0.458. The summed E-state index contributed by atoms with van der Waals surface area (Å²) in [5.41, 5.74) is 6.64. The van der Waals surface area contributed by atoms with Crippen molar-refractivity contribution in [3.63, 3.8) is 0 Å². The summed E-state index contributed by atoms with van der Waals surface area (Å²) in [7, 11) is 1.78. The van der Waals surface area contributed by atoms with Crippen LogP contribution in [-0.4, -0.2) is 38.9 Å².